The standard InChI is InChI=1S/C14H22N2O2S3/c1-5-7-8-11(18-12(17)10(3)4)9-20-14-16-15-13(21-14)19-6-2/h11H,3,5-9H2,1-2,4H3. The number of rotatable bonds is 10. The van der Waals surface area contributed by atoms with Crippen LogP contribution in [-0.4, -0.2) is 33.8 Å². The highest BCUT2D eigenvalue weighted by molar-refractivity contribution is 8.03. The average Bonchev–Trinajstić information content (AvgIpc) is 2.89. The lowest BCUT2D eigenvalue weighted by molar-refractivity contribution is -0.143. The van der Waals surface area contributed by atoms with Gasteiger partial charge in [0, 0.05) is 11.3 Å². The first-order valence-corrected chi connectivity index (χ1v) is 9.81. The molecule has 1 heterocycles. The number of aromatic nitrogens is 2. The van der Waals surface area contributed by atoms with E-state index in [1.165, 1.54) is 0 Å². The Morgan fingerprint density at radius 3 is 2.57 bits per heavy atom. The molecular formula is C14H22N2O2S3. The van der Waals surface area contributed by atoms with Gasteiger partial charge in [0.15, 0.2) is 8.68 Å². The second-order valence-corrected chi connectivity index (χ2v) is 8.28. The van der Waals surface area contributed by atoms with Crippen LogP contribution in [0.4, 0.5) is 0 Å². The number of carbonyl (C=O) groups excluding carboxylic acids is 1. The minimum atomic E-state index is -0.309. The molecule has 118 valence electrons. The Balaban J connectivity index is 2.50. The quantitative estimate of drug-likeness (QED) is 0.355. The molecule has 0 aliphatic carbocycles. The number of unbranched alkanes of at least 4 members (excludes halogenated alkanes) is 1. The summed E-state index contributed by atoms with van der Waals surface area (Å²) < 4.78 is 7.40. The van der Waals surface area contributed by atoms with Crippen LogP contribution in [0.25, 0.3) is 0 Å². The molecule has 4 nitrogen and oxygen atoms in total. The van der Waals surface area contributed by atoms with Crippen LogP contribution < -0.4 is 0 Å². The van der Waals surface area contributed by atoms with Crippen LogP contribution in [0.2, 0.25) is 0 Å². The number of hydrogen-bond acceptors (Lipinski definition) is 7. The summed E-state index contributed by atoms with van der Waals surface area (Å²) >= 11 is 4.89. The molecule has 0 bridgehead atoms. The molecule has 1 rings (SSSR count). The van der Waals surface area contributed by atoms with Crippen molar-refractivity contribution >= 4 is 40.8 Å². The highest BCUT2D eigenvalue weighted by atomic mass is 32.2. The van der Waals surface area contributed by atoms with Gasteiger partial charge in [0.2, 0.25) is 0 Å². The van der Waals surface area contributed by atoms with E-state index in [9.17, 15) is 4.79 Å². The Hall–Kier alpha value is -0.530. The topological polar surface area (TPSA) is 52.1 Å². The first kappa shape index (κ1) is 18.5. The Labute approximate surface area is 139 Å². The Bertz CT molecular complexity index is 463. The van der Waals surface area contributed by atoms with E-state index < -0.39 is 0 Å². The average molecular weight is 347 g/mol. The minimum Gasteiger partial charge on any atom is -0.458 e. The van der Waals surface area contributed by atoms with Crippen LogP contribution in [0.1, 0.15) is 40.0 Å². The van der Waals surface area contributed by atoms with Gasteiger partial charge in [-0.15, -0.1) is 10.2 Å². The van der Waals surface area contributed by atoms with Crippen LogP contribution in [0.3, 0.4) is 0 Å². The molecule has 0 saturated heterocycles. The molecule has 7 heteroatoms. The molecule has 0 aliphatic heterocycles. The molecule has 0 N–H and O–H groups in total. The number of hydrogen-bond donors (Lipinski definition) is 0. The van der Waals surface area contributed by atoms with Gasteiger partial charge in [0.1, 0.15) is 6.10 Å². The number of thioether (sulfide) groups is 2. The van der Waals surface area contributed by atoms with Crippen molar-refractivity contribution in [3.63, 3.8) is 0 Å². The van der Waals surface area contributed by atoms with Crippen LogP contribution in [0.15, 0.2) is 20.8 Å². The van der Waals surface area contributed by atoms with E-state index in [-0.39, 0.29) is 12.1 Å². The maximum Gasteiger partial charge on any atom is 0.333 e. The molecule has 0 aromatic carbocycles. The second-order valence-electron chi connectivity index (χ2n) is 4.53. The molecule has 0 saturated carbocycles. The van der Waals surface area contributed by atoms with Crippen molar-refractivity contribution in [2.45, 2.75) is 54.8 Å². The fourth-order valence-electron chi connectivity index (χ4n) is 1.46. The number of carbonyl (C=O) groups is 1. The third kappa shape index (κ3) is 7.33. The molecule has 21 heavy (non-hydrogen) atoms. The number of nitrogens with zero attached hydrogens (tertiary/aromatic N) is 2. The predicted octanol–water partition coefficient (Wildman–Crippen LogP) is 4.42. The van der Waals surface area contributed by atoms with E-state index >= 15 is 0 Å². The summed E-state index contributed by atoms with van der Waals surface area (Å²) in [6.45, 7) is 9.52. The van der Waals surface area contributed by atoms with Crippen molar-refractivity contribution in [3.05, 3.63) is 12.2 Å². The fraction of sp³-hybridized carbons (Fsp3) is 0.643. The van der Waals surface area contributed by atoms with Crippen LogP contribution in [-0.2, 0) is 9.53 Å². The summed E-state index contributed by atoms with van der Waals surface area (Å²) in [6.07, 6.45) is 2.91. The van der Waals surface area contributed by atoms with E-state index in [0.29, 0.717) is 11.3 Å². The van der Waals surface area contributed by atoms with Crippen LogP contribution >= 0.6 is 34.9 Å². The van der Waals surface area contributed by atoms with Crippen molar-refractivity contribution in [1.82, 2.24) is 10.2 Å². The summed E-state index contributed by atoms with van der Waals surface area (Å²) in [6, 6.07) is 0. The van der Waals surface area contributed by atoms with Crippen molar-refractivity contribution in [2.24, 2.45) is 0 Å². The summed E-state index contributed by atoms with van der Waals surface area (Å²) in [5.74, 6) is 1.40. The number of esters is 1. The van der Waals surface area contributed by atoms with Gasteiger partial charge in [0.25, 0.3) is 0 Å². The first-order valence-electron chi connectivity index (χ1n) is 7.02. The Morgan fingerprint density at radius 1 is 1.33 bits per heavy atom. The third-order valence-electron chi connectivity index (χ3n) is 2.55. The lowest BCUT2D eigenvalue weighted by Crippen LogP contribution is -2.21. The molecule has 0 spiro atoms. The zero-order valence-electron chi connectivity index (χ0n) is 12.8. The van der Waals surface area contributed by atoms with E-state index in [1.54, 1.807) is 41.8 Å². The summed E-state index contributed by atoms with van der Waals surface area (Å²) in [7, 11) is 0. The second kappa shape index (κ2) is 10.2. The van der Waals surface area contributed by atoms with E-state index in [2.05, 4.69) is 30.6 Å². The van der Waals surface area contributed by atoms with E-state index in [1.807, 2.05) is 0 Å². The summed E-state index contributed by atoms with van der Waals surface area (Å²) in [4.78, 5) is 11.7. The monoisotopic (exact) mass is 346 g/mol. The predicted molar refractivity (Wildman–Crippen MR) is 91.3 cm³/mol. The SMILES string of the molecule is C=C(C)C(=O)OC(CCCC)CSc1nnc(SCC)s1. The molecule has 1 unspecified atom stereocenters. The van der Waals surface area contributed by atoms with Crippen molar-refractivity contribution in [2.75, 3.05) is 11.5 Å². The molecular weight excluding hydrogens is 324 g/mol. The molecule has 0 radical (unpaired) electrons. The van der Waals surface area contributed by atoms with Gasteiger partial charge in [-0.2, -0.15) is 0 Å². The maximum absolute atomic E-state index is 11.7. The summed E-state index contributed by atoms with van der Waals surface area (Å²) in [5, 5.41) is 8.28. The molecule has 1 aromatic rings. The highest BCUT2D eigenvalue weighted by Crippen LogP contribution is 2.29. The van der Waals surface area contributed by atoms with Crippen molar-refractivity contribution < 1.29 is 9.53 Å². The van der Waals surface area contributed by atoms with Crippen molar-refractivity contribution in [3.8, 4) is 0 Å². The molecule has 0 amide bonds. The third-order valence-corrected chi connectivity index (χ3v) is 5.75. The van der Waals surface area contributed by atoms with Crippen molar-refractivity contribution in [1.29, 1.82) is 0 Å². The van der Waals surface area contributed by atoms with Gasteiger partial charge in [-0.1, -0.05) is 68.1 Å². The lowest BCUT2D eigenvalue weighted by Gasteiger charge is -2.16. The van der Waals surface area contributed by atoms with Gasteiger partial charge >= 0.3 is 5.97 Å². The van der Waals surface area contributed by atoms with Gasteiger partial charge < -0.3 is 4.74 Å². The maximum atomic E-state index is 11.7. The fourth-order valence-corrected chi connectivity index (χ4v) is 4.44. The lowest BCUT2D eigenvalue weighted by atomic mass is 10.2. The van der Waals surface area contributed by atoms with Crippen LogP contribution in [0, 0.1) is 0 Å². The van der Waals surface area contributed by atoms with Gasteiger partial charge in [0.05, 0.1) is 0 Å². The molecule has 0 fully saturated rings. The number of ether oxygens (including phenoxy) is 1. The van der Waals surface area contributed by atoms with E-state index in [0.717, 1.165) is 33.7 Å². The Kier molecular flexibility index (Phi) is 9.03. The molecule has 1 aromatic heterocycles. The van der Waals surface area contributed by atoms with Crippen LogP contribution in [0.5, 0.6) is 0 Å². The summed E-state index contributed by atoms with van der Waals surface area (Å²) in [5.41, 5.74) is 0.444. The molecule has 1 atom stereocenters. The Morgan fingerprint density at radius 2 is 2.00 bits per heavy atom. The smallest absolute Gasteiger partial charge is 0.333 e. The highest BCUT2D eigenvalue weighted by Gasteiger charge is 2.16. The van der Waals surface area contributed by atoms with Gasteiger partial charge in [-0.3, -0.25) is 0 Å². The largest absolute Gasteiger partial charge is 0.458 e. The minimum absolute atomic E-state index is 0.0923. The zero-order chi connectivity index (χ0) is 15.7. The van der Waals surface area contributed by atoms with Gasteiger partial charge in [-0.05, 0) is 19.1 Å². The molecule has 0 aliphatic rings. The first-order chi connectivity index (χ1) is 10.1. The van der Waals surface area contributed by atoms with Gasteiger partial charge in [-0.25, -0.2) is 4.79 Å². The van der Waals surface area contributed by atoms with E-state index in [4.69, 9.17) is 4.74 Å². The normalized spacial score (nSPS) is 12.1. The zero-order valence-corrected chi connectivity index (χ0v) is 15.2.